The van der Waals surface area contributed by atoms with Gasteiger partial charge < -0.3 is 10.4 Å². The number of nitrogens with one attached hydrogen (secondary N) is 1. The minimum absolute atomic E-state index is 0.0682. The molecule has 0 spiro atoms. The molecule has 0 bridgehead atoms. The Labute approximate surface area is 120 Å². The molecular weight excluding hydrogens is 262 g/mol. The summed E-state index contributed by atoms with van der Waals surface area (Å²) in [6, 6.07) is 0. The smallest absolute Gasteiger partial charge is 0.307 e. The SMILES string of the molecule is O=C(O)[C@H]1CCCC[C@H]1C(=O)NCCCCCCS. The zero-order valence-electron chi connectivity index (χ0n) is 11.4. The van der Waals surface area contributed by atoms with Gasteiger partial charge in [-0.2, -0.15) is 12.6 Å². The van der Waals surface area contributed by atoms with E-state index in [0.717, 1.165) is 44.3 Å². The second kappa shape index (κ2) is 9.23. The standard InChI is InChI=1S/C14H25NO3S/c16-13(15-9-5-1-2-6-10-19)11-7-3-4-8-12(11)14(17)18/h11-12,19H,1-10H2,(H,15,16)(H,17,18)/t11-,12+/m1/s1. The van der Waals surface area contributed by atoms with Crippen molar-refractivity contribution < 1.29 is 14.7 Å². The second-order valence-corrected chi connectivity index (χ2v) is 5.71. The van der Waals surface area contributed by atoms with Gasteiger partial charge >= 0.3 is 5.97 Å². The van der Waals surface area contributed by atoms with Crippen LogP contribution in [0.25, 0.3) is 0 Å². The van der Waals surface area contributed by atoms with Gasteiger partial charge in [-0.25, -0.2) is 0 Å². The molecule has 2 atom stereocenters. The largest absolute Gasteiger partial charge is 0.481 e. The summed E-state index contributed by atoms with van der Waals surface area (Å²) in [6.07, 6.45) is 7.53. The van der Waals surface area contributed by atoms with Gasteiger partial charge in [-0.15, -0.1) is 0 Å². The van der Waals surface area contributed by atoms with Gasteiger partial charge in [0.25, 0.3) is 0 Å². The van der Waals surface area contributed by atoms with Gasteiger partial charge in [-0.3, -0.25) is 9.59 Å². The van der Waals surface area contributed by atoms with E-state index in [2.05, 4.69) is 17.9 Å². The monoisotopic (exact) mass is 287 g/mol. The fourth-order valence-corrected chi connectivity index (χ4v) is 2.90. The van der Waals surface area contributed by atoms with E-state index < -0.39 is 11.9 Å². The highest BCUT2D eigenvalue weighted by Gasteiger charge is 2.35. The van der Waals surface area contributed by atoms with E-state index in [1.165, 1.54) is 0 Å². The fraction of sp³-hybridized carbons (Fsp3) is 0.857. The lowest BCUT2D eigenvalue weighted by Gasteiger charge is -2.27. The van der Waals surface area contributed by atoms with Gasteiger partial charge in [0.05, 0.1) is 11.8 Å². The number of hydrogen-bond donors (Lipinski definition) is 3. The van der Waals surface area contributed by atoms with Crippen LogP contribution in [0.3, 0.4) is 0 Å². The Morgan fingerprint density at radius 3 is 2.32 bits per heavy atom. The number of amides is 1. The quantitative estimate of drug-likeness (QED) is 0.474. The number of carbonyl (C=O) groups is 2. The molecule has 1 amide bonds. The molecule has 0 radical (unpaired) electrons. The number of hydrogen-bond acceptors (Lipinski definition) is 3. The number of unbranched alkanes of at least 4 members (excludes halogenated alkanes) is 3. The van der Waals surface area contributed by atoms with Crippen LogP contribution in [0, 0.1) is 11.8 Å². The first-order valence-corrected chi connectivity index (χ1v) is 7.91. The molecule has 1 fully saturated rings. The molecule has 0 unspecified atom stereocenters. The molecule has 2 N–H and O–H groups in total. The zero-order chi connectivity index (χ0) is 14.1. The average Bonchev–Trinajstić information content (AvgIpc) is 2.42. The van der Waals surface area contributed by atoms with E-state index in [1.54, 1.807) is 0 Å². The van der Waals surface area contributed by atoms with Crippen molar-refractivity contribution in [2.24, 2.45) is 11.8 Å². The maximum absolute atomic E-state index is 12.0. The minimum atomic E-state index is -0.825. The normalized spacial score (nSPS) is 23.0. The van der Waals surface area contributed by atoms with E-state index in [4.69, 9.17) is 5.11 Å². The van der Waals surface area contributed by atoms with Crippen LogP contribution >= 0.6 is 12.6 Å². The Hall–Kier alpha value is -0.710. The molecule has 1 rings (SSSR count). The predicted octanol–water partition coefficient (Wildman–Crippen LogP) is 2.48. The van der Waals surface area contributed by atoms with Crippen molar-refractivity contribution in [2.75, 3.05) is 12.3 Å². The molecule has 0 heterocycles. The fourth-order valence-electron chi connectivity index (χ4n) is 2.67. The van der Waals surface area contributed by atoms with Crippen molar-refractivity contribution in [1.82, 2.24) is 5.32 Å². The van der Waals surface area contributed by atoms with Crippen molar-refractivity contribution in [2.45, 2.75) is 51.4 Å². The summed E-state index contributed by atoms with van der Waals surface area (Å²) in [5.74, 6) is -0.800. The zero-order valence-corrected chi connectivity index (χ0v) is 12.3. The molecule has 1 aliphatic carbocycles. The van der Waals surface area contributed by atoms with Crippen LogP contribution < -0.4 is 5.32 Å². The van der Waals surface area contributed by atoms with Gasteiger partial charge in [-0.1, -0.05) is 25.7 Å². The first-order valence-electron chi connectivity index (χ1n) is 7.28. The van der Waals surface area contributed by atoms with Crippen LogP contribution in [0.1, 0.15) is 51.4 Å². The molecule has 110 valence electrons. The molecule has 4 nitrogen and oxygen atoms in total. The van der Waals surface area contributed by atoms with Crippen LogP contribution in [-0.4, -0.2) is 29.3 Å². The van der Waals surface area contributed by atoms with E-state index >= 15 is 0 Å². The predicted molar refractivity (Wildman–Crippen MR) is 78.4 cm³/mol. The average molecular weight is 287 g/mol. The Morgan fingerprint density at radius 2 is 1.68 bits per heavy atom. The number of carboxylic acid groups (broad SMARTS) is 1. The third kappa shape index (κ3) is 5.85. The van der Waals surface area contributed by atoms with Crippen LogP contribution in [-0.2, 0) is 9.59 Å². The van der Waals surface area contributed by atoms with Crippen molar-refractivity contribution in [1.29, 1.82) is 0 Å². The van der Waals surface area contributed by atoms with E-state index in [-0.39, 0.29) is 11.8 Å². The Balaban J connectivity index is 2.25. The topological polar surface area (TPSA) is 66.4 Å². The molecule has 1 saturated carbocycles. The molecular formula is C14H25NO3S. The Bertz CT molecular complexity index is 296. The summed E-state index contributed by atoms with van der Waals surface area (Å²) in [6.45, 7) is 0.661. The van der Waals surface area contributed by atoms with Crippen LogP contribution in [0.5, 0.6) is 0 Å². The van der Waals surface area contributed by atoms with Crippen LogP contribution in [0.4, 0.5) is 0 Å². The van der Waals surface area contributed by atoms with Gasteiger partial charge in [0.1, 0.15) is 0 Å². The molecule has 0 aromatic carbocycles. The second-order valence-electron chi connectivity index (χ2n) is 5.26. The summed E-state index contributed by atoms with van der Waals surface area (Å²) in [7, 11) is 0. The van der Waals surface area contributed by atoms with E-state index in [9.17, 15) is 9.59 Å². The van der Waals surface area contributed by atoms with Crippen molar-refractivity contribution in [3.8, 4) is 0 Å². The molecule has 0 saturated heterocycles. The van der Waals surface area contributed by atoms with Crippen LogP contribution in [0.15, 0.2) is 0 Å². The number of carbonyl (C=O) groups excluding carboxylic acids is 1. The van der Waals surface area contributed by atoms with Gasteiger partial charge in [0, 0.05) is 6.54 Å². The molecule has 5 heteroatoms. The van der Waals surface area contributed by atoms with Crippen molar-refractivity contribution in [3.63, 3.8) is 0 Å². The van der Waals surface area contributed by atoms with E-state index in [1.807, 2.05) is 0 Å². The Morgan fingerprint density at radius 1 is 1.05 bits per heavy atom. The third-order valence-electron chi connectivity index (χ3n) is 3.80. The van der Waals surface area contributed by atoms with Crippen LogP contribution in [0.2, 0.25) is 0 Å². The summed E-state index contributed by atoms with van der Waals surface area (Å²) in [5.41, 5.74) is 0. The summed E-state index contributed by atoms with van der Waals surface area (Å²) in [4.78, 5) is 23.1. The Kier molecular flexibility index (Phi) is 7.94. The molecule has 19 heavy (non-hydrogen) atoms. The van der Waals surface area contributed by atoms with Crippen molar-refractivity contribution in [3.05, 3.63) is 0 Å². The number of rotatable bonds is 8. The lowest BCUT2D eigenvalue weighted by Crippen LogP contribution is -2.40. The maximum Gasteiger partial charge on any atom is 0.307 e. The highest BCUT2D eigenvalue weighted by molar-refractivity contribution is 7.80. The highest BCUT2D eigenvalue weighted by Crippen LogP contribution is 2.30. The van der Waals surface area contributed by atoms with E-state index in [0.29, 0.717) is 19.4 Å². The molecule has 1 aliphatic rings. The molecule has 0 aromatic rings. The van der Waals surface area contributed by atoms with Gasteiger partial charge in [0.15, 0.2) is 0 Å². The number of thiol groups is 1. The number of carboxylic acids is 1. The van der Waals surface area contributed by atoms with Crippen molar-refractivity contribution >= 4 is 24.5 Å². The highest BCUT2D eigenvalue weighted by atomic mass is 32.1. The molecule has 0 aromatic heterocycles. The van der Waals surface area contributed by atoms with Gasteiger partial charge in [0.2, 0.25) is 5.91 Å². The lowest BCUT2D eigenvalue weighted by atomic mass is 9.78. The lowest BCUT2D eigenvalue weighted by molar-refractivity contribution is -0.148. The van der Waals surface area contributed by atoms with Gasteiger partial charge in [-0.05, 0) is 31.4 Å². The minimum Gasteiger partial charge on any atom is -0.481 e. The third-order valence-corrected chi connectivity index (χ3v) is 4.12. The maximum atomic E-state index is 12.0. The first-order chi connectivity index (χ1) is 9.16. The summed E-state index contributed by atoms with van der Waals surface area (Å²) in [5, 5.41) is 12.0. The first kappa shape index (κ1) is 16.3. The molecule has 0 aliphatic heterocycles. The summed E-state index contributed by atoms with van der Waals surface area (Å²) >= 11 is 4.15. The number of aliphatic carboxylic acids is 1. The summed E-state index contributed by atoms with van der Waals surface area (Å²) < 4.78 is 0.